The van der Waals surface area contributed by atoms with Crippen LogP contribution in [0, 0.1) is 22.7 Å². The summed E-state index contributed by atoms with van der Waals surface area (Å²) in [7, 11) is 0. The monoisotopic (exact) mass is 470 g/mol. The van der Waals surface area contributed by atoms with Gasteiger partial charge in [0.2, 0.25) is 0 Å². The van der Waals surface area contributed by atoms with Gasteiger partial charge in [0.25, 0.3) is 0 Å². The Morgan fingerprint density at radius 3 is 2.37 bits per heavy atom. The Morgan fingerprint density at radius 1 is 1.00 bits per heavy atom. The van der Waals surface area contributed by atoms with Crippen molar-refractivity contribution < 1.29 is 13.4 Å². The van der Waals surface area contributed by atoms with E-state index in [0.29, 0.717) is 12.5 Å². The maximum atomic E-state index is 13.7. The van der Waals surface area contributed by atoms with Gasteiger partial charge in [0.05, 0.1) is 0 Å². The van der Waals surface area contributed by atoms with Gasteiger partial charge in [0.15, 0.2) is 0 Å². The molecule has 3 fully saturated rings. The van der Waals surface area contributed by atoms with Crippen molar-refractivity contribution in [1.29, 1.82) is 0 Å². The molecule has 0 N–H and O–H groups in total. The van der Waals surface area contributed by atoms with E-state index in [1.165, 1.54) is 5.56 Å². The quantitative estimate of drug-likeness (QED) is 0.597. The number of rotatable bonds is 5. The Hall–Kier alpha value is -1.61. The van der Waals surface area contributed by atoms with Gasteiger partial charge in [-0.25, -0.2) is 0 Å². The topological polar surface area (TPSA) is 43.4 Å². The molecule has 6 atom stereocenters. The third-order valence-corrected chi connectivity index (χ3v) is 11.4. The zero-order chi connectivity index (χ0) is 20.9. The first-order chi connectivity index (χ1) is 14.4. The van der Waals surface area contributed by atoms with Crippen LogP contribution in [0.1, 0.15) is 45.1 Å². The van der Waals surface area contributed by atoms with Crippen LogP contribution in [0.2, 0.25) is 4.82 Å². The number of benzene rings is 2. The molecule has 2 bridgehead atoms. The zero-order valence-corrected chi connectivity index (χ0v) is 19.5. The molecule has 0 aromatic heterocycles. The van der Waals surface area contributed by atoms with Gasteiger partial charge in [0.1, 0.15) is 0 Å². The summed E-state index contributed by atoms with van der Waals surface area (Å²) < 4.78 is 20.8. The Kier molecular flexibility index (Phi) is 5.08. The first kappa shape index (κ1) is 20.3. The van der Waals surface area contributed by atoms with Gasteiger partial charge in [-0.05, 0) is 0 Å². The molecule has 0 heterocycles. The molecule has 2 aromatic rings. The fourth-order valence-electron chi connectivity index (χ4n) is 6.92. The molecule has 2 unspecified atom stereocenters. The van der Waals surface area contributed by atoms with E-state index in [1.807, 2.05) is 48.5 Å². The fourth-order valence-corrected chi connectivity index (χ4v) is 10.2. The van der Waals surface area contributed by atoms with Crippen LogP contribution in [0.4, 0.5) is 0 Å². The third-order valence-electron chi connectivity index (χ3n) is 7.90. The van der Waals surface area contributed by atoms with E-state index < -0.39 is 13.8 Å². The molecule has 0 aliphatic heterocycles. The molecule has 2 aromatic carbocycles. The average molecular weight is 469 g/mol. The maximum absolute atomic E-state index is 13.7. The summed E-state index contributed by atoms with van der Waals surface area (Å²) in [5.41, 5.74) is 0.973. The van der Waals surface area contributed by atoms with Gasteiger partial charge in [0, 0.05) is 0 Å². The minimum absolute atomic E-state index is 0.0312. The van der Waals surface area contributed by atoms with E-state index in [0.717, 1.165) is 30.1 Å². The summed E-state index contributed by atoms with van der Waals surface area (Å²) in [6, 6.07) is 19.9. The number of ketones is 1. The van der Waals surface area contributed by atoms with E-state index >= 15 is 0 Å². The number of carbonyl (C=O) groups excluding carboxylic acids is 1. The average Bonchev–Trinajstić information content (AvgIpc) is 3.27. The van der Waals surface area contributed by atoms with Crippen LogP contribution < -0.4 is 4.46 Å². The van der Waals surface area contributed by atoms with Gasteiger partial charge >= 0.3 is 183 Å². The van der Waals surface area contributed by atoms with Crippen molar-refractivity contribution in [3.8, 4) is 0 Å². The molecular weight excluding hydrogens is 439 g/mol. The van der Waals surface area contributed by atoms with E-state index in [4.69, 9.17) is 4.74 Å². The third kappa shape index (κ3) is 3.16. The normalized spacial score (nSPS) is 35.2. The molecule has 5 rings (SSSR count). The molecule has 30 heavy (non-hydrogen) atoms. The number of Topliss-reactive ketones (excluding diaryl/α,β-unsaturated/α-hetero) is 1. The van der Waals surface area contributed by atoms with Crippen molar-refractivity contribution in [3.63, 3.8) is 0 Å². The van der Waals surface area contributed by atoms with E-state index in [2.05, 4.69) is 26.0 Å². The van der Waals surface area contributed by atoms with Gasteiger partial charge < -0.3 is 0 Å². The standard InChI is InChI=1S/C26H30O3Se/c1-25(2)23-22(27)21(30(28)20-11-7-4-8-12-20)16-26(23)14-13-19(15-26)24(25)29-17-18-9-5-3-6-10-18/h3-12,19,21,23-24H,13-17H2,1-2H3/t19-,21?,23-,24-,26+,30?/m0/s1. The summed E-state index contributed by atoms with van der Waals surface area (Å²) in [4.78, 5) is 13.5. The SMILES string of the molecule is CC1(C)[C@@H](OCc2ccccc2)[C@H]2CC[C@]3(CC([Se](=O)c4ccccc4)C(=O)[C@@H]13)C2. The Morgan fingerprint density at radius 2 is 1.67 bits per heavy atom. The van der Waals surface area contributed by atoms with Crippen molar-refractivity contribution in [1.82, 2.24) is 0 Å². The summed E-state index contributed by atoms with van der Waals surface area (Å²) >= 11 is -2.41. The second kappa shape index (κ2) is 7.51. The molecule has 1 spiro atoms. The number of hydrogen-bond acceptors (Lipinski definition) is 3. The van der Waals surface area contributed by atoms with E-state index in [9.17, 15) is 8.63 Å². The number of fused-ring (bicyclic) bond motifs is 1. The predicted octanol–water partition coefficient (Wildman–Crippen LogP) is 4.69. The van der Waals surface area contributed by atoms with Crippen molar-refractivity contribution in [2.75, 3.05) is 0 Å². The summed E-state index contributed by atoms with van der Waals surface area (Å²) in [5, 5.41) is 0. The number of hydrogen-bond donors (Lipinski definition) is 0. The van der Waals surface area contributed by atoms with Crippen molar-refractivity contribution in [2.45, 2.75) is 57.1 Å². The molecule has 3 aliphatic carbocycles. The fraction of sp³-hybridized carbons (Fsp3) is 0.500. The Bertz CT molecular complexity index is 955. The van der Waals surface area contributed by atoms with Crippen molar-refractivity contribution >= 4 is 24.1 Å². The van der Waals surface area contributed by atoms with Gasteiger partial charge in [-0.1, -0.05) is 0 Å². The summed E-state index contributed by atoms with van der Waals surface area (Å²) in [6.45, 7) is 5.04. The second-order valence-electron chi connectivity index (χ2n) is 10.0. The van der Waals surface area contributed by atoms with E-state index in [1.54, 1.807) is 0 Å². The van der Waals surface area contributed by atoms with Crippen LogP contribution in [0.15, 0.2) is 60.7 Å². The van der Waals surface area contributed by atoms with Gasteiger partial charge in [-0.3, -0.25) is 0 Å². The molecule has 4 heteroatoms. The van der Waals surface area contributed by atoms with Crippen LogP contribution in [0.5, 0.6) is 0 Å². The van der Waals surface area contributed by atoms with Gasteiger partial charge in [-0.2, -0.15) is 0 Å². The molecule has 158 valence electrons. The Labute approximate surface area is 183 Å². The zero-order valence-electron chi connectivity index (χ0n) is 17.8. The summed E-state index contributed by atoms with van der Waals surface area (Å²) in [6.07, 6.45) is 4.13. The van der Waals surface area contributed by atoms with Crippen LogP contribution in [-0.4, -0.2) is 25.7 Å². The molecule has 0 amide bonds. The van der Waals surface area contributed by atoms with Crippen molar-refractivity contribution in [3.05, 3.63) is 66.2 Å². The molecule has 0 saturated heterocycles. The van der Waals surface area contributed by atoms with Crippen LogP contribution in [0.25, 0.3) is 0 Å². The number of ether oxygens (including phenoxy) is 1. The number of carbonyl (C=O) groups is 1. The van der Waals surface area contributed by atoms with Crippen LogP contribution >= 0.6 is 0 Å². The van der Waals surface area contributed by atoms with Crippen molar-refractivity contribution in [2.24, 2.45) is 22.7 Å². The molecule has 0 radical (unpaired) electrons. The summed E-state index contributed by atoms with van der Waals surface area (Å²) in [5.74, 6) is 0.698. The van der Waals surface area contributed by atoms with Gasteiger partial charge in [-0.15, -0.1) is 0 Å². The molecule has 3 nitrogen and oxygen atoms in total. The molecular formula is C26H30O3Se. The first-order valence-electron chi connectivity index (χ1n) is 11.1. The second-order valence-corrected chi connectivity index (χ2v) is 13.5. The van der Waals surface area contributed by atoms with E-state index in [-0.39, 0.29) is 33.5 Å². The molecule has 3 aliphatic rings. The Balaban J connectivity index is 1.42. The van der Waals surface area contributed by atoms with Crippen LogP contribution in [-0.2, 0) is 20.0 Å². The predicted molar refractivity (Wildman–Crippen MR) is 118 cm³/mol. The van der Waals surface area contributed by atoms with Crippen LogP contribution in [0.3, 0.4) is 0 Å². The minimum atomic E-state index is -2.41. The first-order valence-corrected chi connectivity index (χ1v) is 13.6. The molecule has 3 saturated carbocycles.